The maximum atomic E-state index is 10.8. The molecule has 0 fully saturated rings. The average molecular weight is 285 g/mol. The van der Waals surface area contributed by atoms with Crippen LogP contribution in [0.4, 0.5) is 0 Å². The van der Waals surface area contributed by atoms with Gasteiger partial charge in [-0.1, -0.05) is 13.2 Å². The van der Waals surface area contributed by atoms with Gasteiger partial charge in [-0.2, -0.15) is 0 Å². The van der Waals surface area contributed by atoms with Crippen molar-refractivity contribution in [2.45, 2.75) is 33.8 Å². The van der Waals surface area contributed by atoms with Crippen LogP contribution in [0.25, 0.3) is 0 Å². The molecule has 0 saturated carbocycles. The predicted molar refractivity (Wildman–Crippen MR) is 80.4 cm³/mol. The second-order valence-corrected chi connectivity index (χ2v) is 4.95. The van der Waals surface area contributed by atoms with Crippen molar-refractivity contribution in [3.63, 3.8) is 0 Å². The number of hydrogen-bond donors (Lipinski definition) is 0. The molecule has 0 heterocycles. The van der Waals surface area contributed by atoms with Crippen LogP contribution in [0.5, 0.6) is 0 Å². The second-order valence-electron chi connectivity index (χ2n) is 4.95. The highest BCUT2D eigenvalue weighted by Crippen LogP contribution is 1.95. The summed E-state index contributed by atoms with van der Waals surface area (Å²) in [6, 6.07) is 0. The van der Waals surface area contributed by atoms with Crippen LogP contribution in [0.1, 0.15) is 27.7 Å². The van der Waals surface area contributed by atoms with E-state index < -0.39 is 0 Å². The summed E-state index contributed by atoms with van der Waals surface area (Å²) in [7, 11) is 3.85. The molecule has 116 valence electrons. The molecule has 0 aromatic heterocycles. The molecule has 20 heavy (non-hydrogen) atoms. The average Bonchev–Trinajstić information content (AvgIpc) is 2.27. The Balaban J connectivity index is 0. The summed E-state index contributed by atoms with van der Waals surface area (Å²) in [6.45, 7) is 15.0. The highest BCUT2D eigenvalue weighted by atomic mass is 16.5. The lowest BCUT2D eigenvalue weighted by molar-refractivity contribution is -0.142. The summed E-state index contributed by atoms with van der Waals surface area (Å²) in [6.07, 6.45) is -0.0470. The van der Waals surface area contributed by atoms with Crippen molar-refractivity contribution < 1.29 is 19.1 Å². The van der Waals surface area contributed by atoms with E-state index in [4.69, 9.17) is 9.47 Å². The van der Waals surface area contributed by atoms with Gasteiger partial charge in [0.15, 0.2) is 0 Å². The number of likely N-dealkylation sites (N-methyl/N-ethyl adjacent to an activating group) is 1. The molecule has 0 bridgehead atoms. The number of esters is 2. The van der Waals surface area contributed by atoms with Gasteiger partial charge in [-0.15, -0.1) is 0 Å². The Morgan fingerprint density at radius 2 is 1.50 bits per heavy atom. The topological polar surface area (TPSA) is 55.8 Å². The van der Waals surface area contributed by atoms with Crippen molar-refractivity contribution in [3.05, 3.63) is 24.3 Å². The van der Waals surface area contributed by atoms with E-state index in [0.717, 1.165) is 6.54 Å². The summed E-state index contributed by atoms with van der Waals surface area (Å²) < 4.78 is 9.61. The van der Waals surface area contributed by atoms with Crippen molar-refractivity contribution in [1.29, 1.82) is 0 Å². The molecule has 5 heteroatoms. The molecule has 0 aromatic carbocycles. The van der Waals surface area contributed by atoms with E-state index in [1.165, 1.54) is 0 Å². The molecule has 0 unspecified atom stereocenters. The fraction of sp³-hybridized carbons (Fsp3) is 0.600. The van der Waals surface area contributed by atoms with E-state index in [-0.39, 0.29) is 18.0 Å². The zero-order valence-corrected chi connectivity index (χ0v) is 13.5. The zero-order chi connectivity index (χ0) is 16.3. The first-order chi connectivity index (χ1) is 9.07. The van der Waals surface area contributed by atoms with Gasteiger partial charge in [0.2, 0.25) is 0 Å². The molecule has 0 aliphatic carbocycles. The van der Waals surface area contributed by atoms with Gasteiger partial charge in [0.05, 0.1) is 6.10 Å². The van der Waals surface area contributed by atoms with Crippen LogP contribution in [0.15, 0.2) is 24.3 Å². The Morgan fingerprint density at radius 1 is 1.05 bits per heavy atom. The molecule has 5 nitrogen and oxygen atoms in total. The highest BCUT2D eigenvalue weighted by Gasteiger charge is 2.03. The largest absolute Gasteiger partial charge is 0.461 e. The maximum absolute atomic E-state index is 10.8. The van der Waals surface area contributed by atoms with Crippen molar-refractivity contribution in [2.75, 3.05) is 27.2 Å². The minimum Gasteiger partial charge on any atom is -0.461 e. The Kier molecular flexibility index (Phi) is 11.6. The molecular weight excluding hydrogens is 258 g/mol. The van der Waals surface area contributed by atoms with Gasteiger partial charge >= 0.3 is 11.9 Å². The Bertz CT molecular complexity index is 346. The number of carbonyl (C=O) groups is 2. The smallest absolute Gasteiger partial charge is 0.333 e. The summed E-state index contributed by atoms with van der Waals surface area (Å²) in [5.41, 5.74) is 0.896. The summed E-state index contributed by atoms with van der Waals surface area (Å²) in [4.78, 5) is 23.4. The van der Waals surface area contributed by atoms with Gasteiger partial charge in [-0.3, -0.25) is 0 Å². The highest BCUT2D eigenvalue weighted by molar-refractivity contribution is 5.87. The van der Waals surface area contributed by atoms with Crippen molar-refractivity contribution in [1.82, 2.24) is 4.90 Å². The van der Waals surface area contributed by atoms with E-state index in [9.17, 15) is 9.59 Å². The lowest BCUT2D eigenvalue weighted by Crippen LogP contribution is -2.20. The maximum Gasteiger partial charge on any atom is 0.333 e. The molecule has 0 atom stereocenters. The van der Waals surface area contributed by atoms with Crippen molar-refractivity contribution in [3.8, 4) is 0 Å². The molecule has 0 aromatic rings. The van der Waals surface area contributed by atoms with Crippen LogP contribution >= 0.6 is 0 Å². The number of hydrogen-bond acceptors (Lipinski definition) is 5. The summed E-state index contributed by atoms with van der Waals surface area (Å²) in [5, 5.41) is 0. The van der Waals surface area contributed by atoms with E-state index >= 15 is 0 Å². The van der Waals surface area contributed by atoms with Crippen LogP contribution in [-0.4, -0.2) is 50.2 Å². The predicted octanol–water partition coefficient (Wildman–Crippen LogP) is 2.18. The zero-order valence-electron chi connectivity index (χ0n) is 13.5. The molecule has 0 amide bonds. The third-order valence-electron chi connectivity index (χ3n) is 1.81. The van der Waals surface area contributed by atoms with E-state index in [2.05, 4.69) is 13.2 Å². The third-order valence-corrected chi connectivity index (χ3v) is 1.81. The lowest BCUT2D eigenvalue weighted by Gasteiger charge is -2.09. The Morgan fingerprint density at radius 3 is 1.75 bits per heavy atom. The molecule has 0 N–H and O–H groups in total. The van der Waals surface area contributed by atoms with Gasteiger partial charge in [0.25, 0.3) is 0 Å². The molecule has 0 radical (unpaired) electrons. The molecule has 0 aliphatic heterocycles. The minimum atomic E-state index is -0.315. The fourth-order valence-electron chi connectivity index (χ4n) is 0.759. The van der Waals surface area contributed by atoms with Crippen LogP contribution in [0.2, 0.25) is 0 Å². The number of rotatable bonds is 6. The van der Waals surface area contributed by atoms with E-state index in [1.54, 1.807) is 27.7 Å². The van der Waals surface area contributed by atoms with Gasteiger partial charge in [-0.25, -0.2) is 9.59 Å². The van der Waals surface area contributed by atoms with Crippen LogP contribution in [0.3, 0.4) is 0 Å². The van der Waals surface area contributed by atoms with Gasteiger partial charge < -0.3 is 14.4 Å². The molecule has 0 rings (SSSR count). The second kappa shape index (κ2) is 11.2. The fourth-order valence-corrected chi connectivity index (χ4v) is 0.759. The number of carbonyl (C=O) groups excluding carboxylic acids is 2. The third kappa shape index (κ3) is 14.4. The van der Waals surface area contributed by atoms with Gasteiger partial charge in [-0.05, 0) is 41.8 Å². The molecule has 0 saturated heterocycles. The first-order valence-electron chi connectivity index (χ1n) is 6.41. The first-order valence-corrected chi connectivity index (χ1v) is 6.41. The van der Waals surface area contributed by atoms with Crippen LogP contribution in [0, 0.1) is 0 Å². The number of ether oxygens (including phenoxy) is 2. The summed E-state index contributed by atoms with van der Waals surface area (Å²) in [5.74, 6) is -0.628. The molecular formula is C15H27NO4. The first kappa shape index (κ1) is 20.7. The van der Waals surface area contributed by atoms with Crippen molar-refractivity contribution >= 4 is 11.9 Å². The Hall–Kier alpha value is -1.62. The molecule has 0 spiro atoms. The lowest BCUT2D eigenvalue weighted by atomic mass is 10.3. The SMILES string of the molecule is C=C(C)C(=O)OC(C)C.C=C(C)C(=O)OCCN(C)C. The van der Waals surface area contributed by atoms with E-state index in [1.807, 2.05) is 19.0 Å². The quantitative estimate of drug-likeness (QED) is 0.553. The van der Waals surface area contributed by atoms with E-state index in [0.29, 0.717) is 17.8 Å². The molecule has 0 aliphatic rings. The minimum absolute atomic E-state index is 0.0470. The van der Waals surface area contributed by atoms with Crippen LogP contribution in [-0.2, 0) is 19.1 Å². The normalized spacial score (nSPS) is 9.60. The number of nitrogens with zero attached hydrogens (tertiary/aromatic N) is 1. The monoisotopic (exact) mass is 285 g/mol. The van der Waals surface area contributed by atoms with Crippen LogP contribution < -0.4 is 0 Å². The van der Waals surface area contributed by atoms with Crippen molar-refractivity contribution in [2.24, 2.45) is 0 Å². The Labute approximate surface area is 122 Å². The summed E-state index contributed by atoms with van der Waals surface area (Å²) >= 11 is 0. The van der Waals surface area contributed by atoms with Gasteiger partial charge in [0, 0.05) is 17.7 Å². The van der Waals surface area contributed by atoms with Gasteiger partial charge in [0.1, 0.15) is 6.61 Å². The standard InChI is InChI=1S/C8H15NO2.C7H12O2/c1-7(2)8(10)11-6-5-9(3)4;1-5(2)7(8)9-6(3)4/h1,5-6H2,2-4H3;6H,1H2,2-4H3.